The van der Waals surface area contributed by atoms with Crippen LogP contribution in [0.15, 0.2) is 48.2 Å². The highest BCUT2D eigenvalue weighted by molar-refractivity contribution is 5.99. The molecule has 2 aromatic rings. The van der Waals surface area contributed by atoms with E-state index in [9.17, 15) is 45.5 Å². The largest absolute Gasteiger partial charge is 0.491 e. The molecule has 0 spiro atoms. The van der Waals surface area contributed by atoms with E-state index >= 15 is 0 Å². The molecule has 0 aromatic heterocycles. The van der Waals surface area contributed by atoms with Gasteiger partial charge in [-0.05, 0) is 31.2 Å². The lowest BCUT2D eigenvalue weighted by molar-refractivity contribution is -0.193. The van der Waals surface area contributed by atoms with E-state index in [1.54, 1.807) is 6.92 Å². The number of amides is 2. The summed E-state index contributed by atoms with van der Waals surface area (Å²) in [5.74, 6) is -8.15. The van der Waals surface area contributed by atoms with Crippen molar-refractivity contribution in [2.75, 3.05) is 20.3 Å². The molecule has 2 amide bonds. The minimum Gasteiger partial charge on any atom is -0.491 e. The van der Waals surface area contributed by atoms with Crippen LogP contribution in [0.25, 0.3) is 6.08 Å². The van der Waals surface area contributed by atoms with Crippen molar-refractivity contribution in [1.82, 2.24) is 10.6 Å². The number of hydrogen-bond donors (Lipinski definition) is 8. The molecule has 296 valence electrons. The molecule has 54 heavy (non-hydrogen) atoms. The number of alkyl halides is 6. The van der Waals surface area contributed by atoms with Crippen LogP contribution >= 0.6 is 0 Å². The summed E-state index contributed by atoms with van der Waals surface area (Å²) in [7, 11) is 1.16. The van der Waals surface area contributed by atoms with Crippen molar-refractivity contribution >= 4 is 53.4 Å². The fraction of sp³-hybridized carbons (Fsp3) is 0.290. The van der Waals surface area contributed by atoms with Gasteiger partial charge in [0, 0.05) is 29.2 Å². The van der Waals surface area contributed by atoms with Gasteiger partial charge in [-0.2, -0.15) is 26.3 Å². The van der Waals surface area contributed by atoms with Gasteiger partial charge in [-0.15, -0.1) is 0 Å². The molecule has 17 nitrogen and oxygen atoms in total. The summed E-state index contributed by atoms with van der Waals surface area (Å²) in [6, 6.07) is 9.65. The molecule has 0 saturated heterocycles. The number of nitrogen functional groups attached to an aromatic ring is 2. The summed E-state index contributed by atoms with van der Waals surface area (Å²) in [5, 5.41) is 34.6. The first kappa shape index (κ1) is 47.3. The SMILES string of the molecule is CCOC(=O)C[C@H](COc1cc(C(=N)N)ccc1C=C(NC(C)=O)C(=O)OC)NC(=O)c1ccc(C(=N)N)cc1.O=C(O)C(F)(F)F.O=C(O)C(F)(F)F. The van der Waals surface area contributed by atoms with E-state index in [0.29, 0.717) is 16.7 Å². The van der Waals surface area contributed by atoms with E-state index in [4.69, 9.17) is 56.3 Å². The molecular weight excluding hydrogens is 746 g/mol. The number of carbonyl (C=O) groups is 6. The number of hydrogen-bond acceptors (Lipinski definition) is 11. The number of halogens is 6. The maximum atomic E-state index is 12.9. The quantitative estimate of drug-likeness (QED) is 0.0477. The normalized spacial score (nSPS) is 11.5. The zero-order chi connectivity index (χ0) is 42.0. The van der Waals surface area contributed by atoms with Crippen molar-refractivity contribution in [3.05, 3.63) is 70.4 Å². The molecular formula is C31H34F6N6O11. The second kappa shape index (κ2) is 21.6. The van der Waals surface area contributed by atoms with Crippen molar-refractivity contribution in [1.29, 1.82) is 10.8 Å². The first-order valence-electron chi connectivity index (χ1n) is 14.5. The Morgan fingerprint density at radius 3 is 1.72 bits per heavy atom. The summed E-state index contributed by atoms with van der Waals surface area (Å²) < 4.78 is 79.2. The zero-order valence-corrected chi connectivity index (χ0v) is 28.3. The van der Waals surface area contributed by atoms with Gasteiger partial charge in [-0.3, -0.25) is 25.2 Å². The smallest absolute Gasteiger partial charge is 0.490 e. The highest BCUT2D eigenvalue weighted by Crippen LogP contribution is 2.24. The molecule has 2 rings (SSSR count). The molecule has 0 bridgehead atoms. The van der Waals surface area contributed by atoms with Crippen LogP contribution in [0.2, 0.25) is 0 Å². The van der Waals surface area contributed by atoms with Gasteiger partial charge < -0.3 is 46.5 Å². The van der Waals surface area contributed by atoms with Gasteiger partial charge in [0.2, 0.25) is 5.91 Å². The van der Waals surface area contributed by atoms with Gasteiger partial charge in [0.15, 0.2) is 0 Å². The summed E-state index contributed by atoms with van der Waals surface area (Å²) >= 11 is 0. The third-order valence-electron chi connectivity index (χ3n) is 5.78. The van der Waals surface area contributed by atoms with Crippen molar-refractivity contribution in [2.45, 2.75) is 38.7 Å². The average molecular weight is 781 g/mol. The van der Waals surface area contributed by atoms with Crippen molar-refractivity contribution in [2.24, 2.45) is 11.5 Å². The molecule has 1 atom stereocenters. The van der Waals surface area contributed by atoms with Crippen molar-refractivity contribution in [3.8, 4) is 5.75 Å². The van der Waals surface area contributed by atoms with Gasteiger partial charge in [0.25, 0.3) is 5.91 Å². The van der Waals surface area contributed by atoms with Crippen LogP contribution in [0.5, 0.6) is 5.75 Å². The van der Waals surface area contributed by atoms with Crippen LogP contribution in [0.1, 0.15) is 47.3 Å². The van der Waals surface area contributed by atoms with Gasteiger partial charge in [0.05, 0.1) is 26.2 Å². The van der Waals surface area contributed by atoms with Crippen molar-refractivity contribution < 1.29 is 79.5 Å². The number of nitrogens with one attached hydrogen (secondary N) is 4. The predicted octanol–water partition coefficient (Wildman–Crippen LogP) is 2.30. The lowest BCUT2D eigenvalue weighted by Gasteiger charge is -2.20. The van der Waals surface area contributed by atoms with Crippen LogP contribution in [0.3, 0.4) is 0 Å². The maximum absolute atomic E-state index is 12.9. The number of nitrogens with two attached hydrogens (primary N) is 2. The van der Waals surface area contributed by atoms with E-state index in [-0.39, 0.29) is 48.3 Å². The molecule has 0 aliphatic carbocycles. The molecule has 2 aromatic carbocycles. The van der Waals surface area contributed by atoms with Crippen LogP contribution in [-0.4, -0.2) is 96.3 Å². The Morgan fingerprint density at radius 1 is 0.852 bits per heavy atom. The molecule has 0 aliphatic rings. The Morgan fingerprint density at radius 2 is 1.31 bits per heavy atom. The number of methoxy groups -OCH3 is 1. The molecule has 0 fully saturated rings. The standard InChI is InChI=1S/C27H32N6O7.2C2HF3O2/c1-4-39-23(35)13-20(33-26(36)17-7-5-16(6-8-17)24(28)29)14-40-22-12-19(25(30)31)10-9-18(22)11-21(27(37)38-3)32-15(2)34;2*3-2(4,5)1(6)7/h5-12,20H,4,13-14H2,1-3H3,(H3,28,29)(H3,30,31)(H,32,34)(H,33,36);2*(H,6,7)/t20-;;/m1../s1. The van der Waals surface area contributed by atoms with Crippen molar-refractivity contribution in [3.63, 3.8) is 0 Å². The second-order valence-electron chi connectivity index (χ2n) is 9.98. The lowest BCUT2D eigenvalue weighted by atomic mass is 10.1. The lowest BCUT2D eigenvalue weighted by Crippen LogP contribution is -2.41. The second-order valence-corrected chi connectivity index (χ2v) is 9.98. The maximum Gasteiger partial charge on any atom is 0.490 e. The average Bonchev–Trinajstić information content (AvgIpc) is 3.06. The Labute approximate surface area is 301 Å². The van der Waals surface area contributed by atoms with Crippen LogP contribution in [-0.2, 0) is 33.4 Å². The minimum atomic E-state index is -5.08. The predicted molar refractivity (Wildman–Crippen MR) is 174 cm³/mol. The van der Waals surface area contributed by atoms with Gasteiger partial charge in [-0.1, -0.05) is 24.3 Å². The number of carboxylic acids is 2. The highest BCUT2D eigenvalue weighted by Gasteiger charge is 2.39. The summed E-state index contributed by atoms with van der Waals surface area (Å²) in [5.41, 5.74) is 12.3. The third-order valence-corrected chi connectivity index (χ3v) is 5.78. The summed E-state index contributed by atoms with van der Waals surface area (Å²) in [4.78, 5) is 66.7. The molecule has 0 unspecified atom stereocenters. The Balaban J connectivity index is 0.00000169. The Bertz CT molecular complexity index is 1710. The summed E-state index contributed by atoms with van der Waals surface area (Å²) in [6.45, 7) is 2.80. The van der Waals surface area contributed by atoms with Crippen LogP contribution < -0.4 is 26.8 Å². The number of rotatable bonds is 13. The topological polar surface area (TPSA) is 294 Å². The number of aliphatic carboxylic acids is 2. The van der Waals surface area contributed by atoms with E-state index in [1.807, 2.05) is 0 Å². The molecule has 0 radical (unpaired) electrons. The van der Waals surface area contributed by atoms with Gasteiger partial charge in [0.1, 0.15) is 29.7 Å². The monoisotopic (exact) mass is 780 g/mol. The first-order valence-corrected chi connectivity index (χ1v) is 14.5. The molecule has 0 aliphatic heterocycles. The first-order chi connectivity index (χ1) is 24.8. The Hall–Kier alpha value is -6.68. The molecule has 23 heteroatoms. The van der Waals surface area contributed by atoms with Crippen LogP contribution in [0, 0.1) is 10.8 Å². The number of esters is 2. The number of carbonyl (C=O) groups excluding carboxylic acids is 4. The molecule has 10 N–H and O–H groups in total. The summed E-state index contributed by atoms with van der Waals surface area (Å²) in [6.07, 6.45) is -9.07. The number of benzene rings is 2. The minimum absolute atomic E-state index is 0.141. The fourth-order valence-corrected chi connectivity index (χ4v) is 3.38. The highest BCUT2D eigenvalue weighted by atomic mass is 19.4. The number of ether oxygens (including phenoxy) is 3. The molecule has 0 heterocycles. The van der Waals surface area contributed by atoms with E-state index in [0.717, 1.165) is 7.11 Å². The van der Waals surface area contributed by atoms with E-state index in [2.05, 4.69) is 10.6 Å². The fourth-order valence-electron chi connectivity index (χ4n) is 3.38. The Kier molecular flexibility index (Phi) is 19.0. The van der Waals surface area contributed by atoms with Crippen LogP contribution in [0.4, 0.5) is 26.3 Å². The third kappa shape index (κ3) is 18.0. The number of carboxylic acid groups (broad SMARTS) is 2. The zero-order valence-electron chi connectivity index (χ0n) is 28.3. The van der Waals surface area contributed by atoms with Gasteiger partial charge >= 0.3 is 36.2 Å². The molecule has 0 saturated carbocycles. The number of amidine groups is 2. The van der Waals surface area contributed by atoms with E-state index < -0.39 is 54.1 Å². The van der Waals surface area contributed by atoms with Gasteiger partial charge in [-0.25, -0.2) is 14.4 Å². The van der Waals surface area contributed by atoms with E-state index in [1.165, 1.54) is 55.5 Å².